The Labute approximate surface area is 126 Å². The predicted molar refractivity (Wildman–Crippen MR) is 86.0 cm³/mol. The first-order chi connectivity index (χ1) is 10.2. The van der Waals surface area contributed by atoms with E-state index in [4.69, 9.17) is 15.2 Å². The van der Waals surface area contributed by atoms with E-state index in [0.717, 1.165) is 22.6 Å². The summed E-state index contributed by atoms with van der Waals surface area (Å²) in [6.07, 6.45) is 0. The quantitative estimate of drug-likeness (QED) is 0.877. The summed E-state index contributed by atoms with van der Waals surface area (Å²) in [4.78, 5) is 0. The highest BCUT2D eigenvalue weighted by Crippen LogP contribution is 2.32. The second-order valence-electron chi connectivity index (χ2n) is 4.96. The zero-order chi connectivity index (χ0) is 15.2. The van der Waals surface area contributed by atoms with E-state index in [0.29, 0.717) is 13.2 Å². The van der Waals surface area contributed by atoms with Crippen LogP contribution in [0.3, 0.4) is 0 Å². The molecule has 2 rings (SSSR count). The number of hydrogen-bond donors (Lipinski definition) is 1. The Kier molecular flexibility index (Phi) is 5.23. The molecule has 112 valence electrons. The average molecular weight is 285 g/mol. The summed E-state index contributed by atoms with van der Waals surface area (Å²) in [5.41, 5.74) is 9.70. The molecular formula is C18H23NO2. The summed E-state index contributed by atoms with van der Waals surface area (Å²) in [6.45, 7) is 7.20. The molecule has 0 bridgehead atoms. The van der Waals surface area contributed by atoms with Crippen LogP contribution in [-0.2, 0) is 0 Å². The maximum atomic E-state index is 6.36. The van der Waals surface area contributed by atoms with Crippen molar-refractivity contribution in [1.29, 1.82) is 0 Å². The first kappa shape index (κ1) is 15.4. The van der Waals surface area contributed by atoms with Crippen molar-refractivity contribution in [2.24, 2.45) is 5.73 Å². The minimum absolute atomic E-state index is 0.166. The van der Waals surface area contributed by atoms with Gasteiger partial charge in [0, 0.05) is 0 Å². The minimum Gasteiger partial charge on any atom is -0.490 e. The molecule has 0 saturated carbocycles. The third-order valence-corrected chi connectivity index (χ3v) is 3.36. The molecule has 2 aromatic carbocycles. The Balaban J connectivity index is 2.30. The summed E-state index contributed by atoms with van der Waals surface area (Å²) >= 11 is 0. The molecule has 0 aromatic heterocycles. The van der Waals surface area contributed by atoms with Crippen LogP contribution < -0.4 is 15.2 Å². The highest BCUT2D eigenvalue weighted by atomic mass is 16.5. The van der Waals surface area contributed by atoms with Gasteiger partial charge in [0.05, 0.1) is 19.3 Å². The van der Waals surface area contributed by atoms with E-state index < -0.39 is 0 Å². The highest BCUT2D eigenvalue weighted by Gasteiger charge is 2.13. The standard InChI is InChI=1S/C18H23NO2/c1-4-20-16-11-10-15(12-17(16)21-5-2)18(19)14-8-6-13(3)7-9-14/h6-12,18H,4-5,19H2,1-3H3. The monoisotopic (exact) mass is 285 g/mol. The van der Waals surface area contributed by atoms with Gasteiger partial charge < -0.3 is 15.2 Å². The van der Waals surface area contributed by atoms with Gasteiger partial charge >= 0.3 is 0 Å². The molecule has 2 N–H and O–H groups in total. The number of benzene rings is 2. The minimum atomic E-state index is -0.166. The van der Waals surface area contributed by atoms with E-state index in [9.17, 15) is 0 Å². The van der Waals surface area contributed by atoms with Crippen LogP contribution in [0.4, 0.5) is 0 Å². The van der Waals surface area contributed by atoms with E-state index in [2.05, 4.69) is 31.2 Å². The highest BCUT2D eigenvalue weighted by molar-refractivity contribution is 5.46. The molecule has 0 radical (unpaired) electrons. The second kappa shape index (κ2) is 7.14. The molecule has 0 spiro atoms. The number of nitrogens with two attached hydrogens (primary N) is 1. The lowest BCUT2D eigenvalue weighted by Gasteiger charge is -2.16. The van der Waals surface area contributed by atoms with Crippen LogP contribution >= 0.6 is 0 Å². The Hall–Kier alpha value is -2.00. The first-order valence-corrected chi connectivity index (χ1v) is 7.37. The van der Waals surface area contributed by atoms with Crippen LogP contribution in [-0.4, -0.2) is 13.2 Å². The van der Waals surface area contributed by atoms with Crippen molar-refractivity contribution >= 4 is 0 Å². The average Bonchev–Trinajstić information content (AvgIpc) is 2.49. The molecule has 0 aliphatic rings. The molecule has 3 heteroatoms. The number of aryl methyl sites for hydroxylation is 1. The van der Waals surface area contributed by atoms with Crippen LogP contribution in [0, 0.1) is 6.92 Å². The fourth-order valence-electron chi connectivity index (χ4n) is 2.23. The lowest BCUT2D eigenvalue weighted by molar-refractivity contribution is 0.287. The van der Waals surface area contributed by atoms with Crippen molar-refractivity contribution in [3.63, 3.8) is 0 Å². The smallest absolute Gasteiger partial charge is 0.161 e. The fraction of sp³-hybridized carbons (Fsp3) is 0.333. The van der Waals surface area contributed by atoms with Crippen LogP contribution in [0.25, 0.3) is 0 Å². The molecule has 0 amide bonds. The van der Waals surface area contributed by atoms with Gasteiger partial charge in [-0.1, -0.05) is 35.9 Å². The Morgan fingerprint density at radius 2 is 1.43 bits per heavy atom. The van der Waals surface area contributed by atoms with Gasteiger partial charge in [0.25, 0.3) is 0 Å². The molecule has 0 saturated heterocycles. The van der Waals surface area contributed by atoms with Crippen molar-refractivity contribution in [3.8, 4) is 11.5 Å². The topological polar surface area (TPSA) is 44.5 Å². The van der Waals surface area contributed by atoms with Gasteiger partial charge in [0.1, 0.15) is 0 Å². The zero-order valence-corrected chi connectivity index (χ0v) is 12.9. The molecule has 1 unspecified atom stereocenters. The van der Waals surface area contributed by atoms with E-state index in [-0.39, 0.29) is 6.04 Å². The predicted octanol–water partition coefficient (Wildman–Crippen LogP) is 3.84. The van der Waals surface area contributed by atoms with Gasteiger partial charge in [-0.15, -0.1) is 0 Å². The lowest BCUT2D eigenvalue weighted by Crippen LogP contribution is -2.12. The number of rotatable bonds is 6. The summed E-state index contributed by atoms with van der Waals surface area (Å²) in [6, 6.07) is 14.0. The van der Waals surface area contributed by atoms with Crippen molar-refractivity contribution in [1.82, 2.24) is 0 Å². The number of ether oxygens (including phenoxy) is 2. The van der Waals surface area contributed by atoms with Crippen LogP contribution in [0.1, 0.15) is 36.6 Å². The van der Waals surface area contributed by atoms with Crippen LogP contribution in [0.5, 0.6) is 11.5 Å². The van der Waals surface area contributed by atoms with Crippen molar-refractivity contribution in [3.05, 3.63) is 59.2 Å². The van der Waals surface area contributed by atoms with Crippen LogP contribution in [0.2, 0.25) is 0 Å². The third-order valence-electron chi connectivity index (χ3n) is 3.36. The fourth-order valence-corrected chi connectivity index (χ4v) is 2.23. The molecule has 0 aliphatic heterocycles. The molecule has 1 atom stereocenters. The normalized spacial score (nSPS) is 12.0. The maximum absolute atomic E-state index is 6.36. The molecule has 2 aromatic rings. The Bertz CT molecular complexity index is 578. The zero-order valence-electron chi connectivity index (χ0n) is 12.9. The van der Waals surface area contributed by atoms with E-state index in [1.54, 1.807) is 0 Å². The summed E-state index contributed by atoms with van der Waals surface area (Å²) in [5, 5.41) is 0. The summed E-state index contributed by atoms with van der Waals surface area (Å²) < 4.78 is 11.2. The Morgan fingerprint density at radius 1 is 0.857 bits per heavy atom. The number of hydrogen-bond acceptors (Lipinski definition) is 3. The largest absolute Gasteiger partial charge is 0.490 e. The second-order valence-corrected chi connectivity index (χ2v) is 4.96. The molecule has 0 fully saturated rings. The molecule has 21 heavy (non-hydrogen) atoms. The van der Waals surface area contributed by atoms with Crippen molar-refractivity contribution in [2.45, 2.75) is 26.8 Å². The molecular weight excluding hydrogens is 262 g/mol. The van der Waals surface area contributed by atoms with Crippen LogP contribution in [0.15, 0.2) is 42.5 Å². The maximum Gasteiger partial charge on any atom is 0.161 e. The third kappa shape index (κ3) is 3.76. The van der Waals surface area contributed by atoms with E-state index in [1.807, 2.05) is 32.0 Å². The van der Waals surface area contributed by atoms with Gasteiger partial charge in [0.2, 0.25) is 0 Å². The summed E-state index contributed by atoms with van der Waals surface area (Å²) in [5.74, 6) is 1.51. The van der Waals surface area contributed by atoms with Crippen molar-refractivity contribution < 1.29 is 9.47 Å². The van der Waals surface area contributed by atoms with Gasteiger partial charge in [-0.25, -0.2) is 0 Å². The Morgan fingerprint density at radius 3 is 2.05 bits per heavy atom. The van der Waals surface area contributed by atoms with Gasteiger partial charge in [-0.05, 0) is 44.0 Å². The molecule has 0 heterocycles. The molecule has 3 nitrogen and oxygen atoms in total. The summed E-state index contributed by atoms with van der Waals surface area (Å²) in [7, 11) is 0. The van der Waals surface area contributed by atoms with E-state index in [1.165, 1.54) is 5.56 Å². The SMILES string of the molecule is CCOc1ccc(C(N)c2ccc(C)cc2)cc1OCC. The van der Waals surface area contributed by atoms with Gasteiger partial charge in [0.15, 0.2) is 11.5 Å². The first-order valence-electron chi connectivity index (χ1n) is 7.37. The van der Waals surface area contributed by atoms with Gasteiger partial charge in [-0.3, -0.25) is 0 Å². The van der Waals surface area contributed by atoms with Gasteiger partial charge in [-0.2, -0.15) is 0 Å². The van der Waals surface area contributed by atoms with Crippen molar-refractivity contribution in [2.75, 3.05) is 13.2 Å². The lowest BCUT2D eigenvalue weighted by atomic mass is 9.98. The van der Waals surface area contributed by atoms with E-state index >= 15 is 0 Å². The molecule has 0 aliphatic carbocycles.